The van der Waals surface area contributed by atoms with Gasteiger partial charge in [-0.05, 0) is 56.9 Å². The van der Waals surface area contributed by atoms with Crippen molar-refractivity contribution in [3.05, 3.63) is 59.7 Å². The fourth-order valence-electron chi connectivity index (χ4n) is 3.84. The molecule has 1 heterocycles. The number of rotatable bonds is 8. The molecule has 1 aliphatic rings. The number of piperazine rings is 1. The van der Waals surface area contributed by atoms with Crippen molar-refractivity contribution in [2.75, 3.05) is 26.2 Å². The predicted octanol–water partition coefficient (Wildman–Crippen LogP) is 4.51. The van der Waals surface area contributed by atoms with Crippen molar-refractivity contribution in [2.45, 2.75) is 52.1 Å². The summed E-state index contributed by atoms with van der Waals surface area (Å²) in [5.41, 5.74) is 1.18. The number of carboxylic acids is 1. The number of ether oxygens (including phenoxy) is 2. The average molecular weight is 483 g/mol. The molecule has 2 aromatic carbocycles. The van der Waals surface area contributed by atoms with Crippen LogP contribution in [0.3, 0.4) is 0 Å². The molecule has 0 saturated carbocycles. The summed E-state index contributed by atoms with van der Waals surface area (Å²) in [7, 11) is 0. The highest BCUT2D eigenvalue weighted by atomic mass is 16.6. The second-order valence-corrected chi connectivity index (χ2v) is 9.56. The molecule has 0 atom stereocenters. The van der Waals surface area contributed by atoms with Crippen molar-refractivity contribution < 1.29 is 29.0 Å². The monoisotopic (exact) mass is 482 g/mol. The first-order valence-electron chi connectivity index (χ1n) is 11.9. The third-order valence-corrected chi connectivity index (χ3v) is 5.67. The standard InChI is InChI=1S/C27H34N2O6/c1-27(2,3)35-26(33)29-18-16-28(17-19-29)24(30)14-12-20-8-4-6-10-22(20)34-23-11-7-5-9-21(23)13-15-25(31)32/h4-11H,12-19H2,1-3H3,(H,31,32). The molecule has 0 spiro atoms. The zero-order chi connectivity index (χ0) is 25.4. The van der Waals surface area contributed by atoms with Gasteiger partial charge in [-0.25, -0.2) is 4.79 Å². The number of para-hydroxylation sites is 2. The van der Waals surface area contributed by atoms with Crippen molar-refractivity contribution in [3.63, 3.8) is 0 Å². The highest BCUT2D eigenvalue weighted by molar-refractivity contribution is 5.77. The van der Waals surface area contributed by atoms with Crippen LogP contribution in [-0.2, 0) is 27.2 Å². The van der Waals surface area contributed by atoms with Crippen molar-refractivity contribution in [1.82, 2.24) is 9.80 Å². The van der Waals surface area contributed by atoms with Gasteiger partial charge in [-0.15, -0.1) is 0 Å². The van der Waals surface area contributed by atoms with E-state index in [4.69, 9.17) is 14.6 Å². The number of hydrogen-bond acceptors (Lipinski definition) is 5. The Bertz CT molecular complexity index is 1040. The average Bonchev–Trinajstić information content (AvgIpc) is 2.81. The van der Waals surface area contributed by atoms with Crippen LogP contribution in [0.5, 0.6) is 11.5 Å². The molecule has 0 unspecified atom stereocenters. The smallest absolute Gasteiger partial charge is 0.410 e. The van der Waals surface area contributed by atoms with E-state index in [0.29, 0.717) is 56.9 Å². The molecule has 2 aromatic rings. The Hall–Kier alpha value is -3.55. The summed E-state index contributed by atoms with van der Waals surface area (Å²) in [6.45, 7) is 7.37. The Morgan fingerprint density at radius 2 is 1.29 bits per heavy atom. The normalized spacial score (nSPS) is 13.9. The molecule has 1 fully saturated rings. The van der Waals surface area contributed by atoms with Gasteiger partial charge in [0.25, 0.3) is 0 Å². The lowest BCUT2D eigenvalue weighted by molar-refractivity contribution is -0.137. The van der Waals surface area contributed by atoms with E-state index in [9.17, 15) is 14.4 Å². The van der Waals surface area contributed by atoms with Crippen LogP contribution < -0.4 is 4.74 Å². The van der Waals surface area contributed by atoms with Crippen LogP contribution in [0.15, 0.2) is 48.5 Å². The molecular weight excluding hydrogens is 448 g/mol. The number of hydrogen-bond donors (Lipinski definition) is 1. The largest absolute Gasteiger partial charge is 0.481 e. The Balaban J connectivity index is 1.56. The molecule has 0 aromatic heterocycles. The van der Waals surface area contributed by atoms with Crippen LogP contribution in [0, 0.1) is 0 Å². The molecule has 0 bridgehead atoms. The van der Waals surface area contributed by atoms with Gasteiger partial charge < -0.3 is 24.4 Å². The Morgan fingerprint density at radius 3 is 1.80 bits per heavy atom. The lowest BCUT2D eigenvalue weighted by atomic mass is 10.1. The molecule has 8 nitrogen and oxygen atoms in total. The molecular formula is C27H34N2O6. The quantitative estimate of drug-likeness (QED) is 0.595. The lowest BCUT2D eigenvalue weighted by Crippen LogP contribution is -2.51. The maximum absolute atomic E-state index is 12.8. The van der Waals surface area contributed by atoms with Crippen LogP contribution in [0.1, 0.15) is 44.7 Å². The number of aliphatic carboxylic acids is 1. The van der Waals surface area contributed by atoms with Gasteiger partial charge in [0.15, 0.2) is 0 Å². The highest BCUT2D eigenvalue weighted by Gasteiger charge is 2.27. The fraction of sp³-hybridized carbons (Fsp3) is 0.444. The molecule has 8 heteroatoms. The van der Waals surface area contributed by atoms with E-state index in [1.54, 1.807) is 9.80 Å². The highest BCUT2D eigenvalue weighted by Crippen LogP contribution is 2.29. The second kappa shape index (κ2) is 11.7. The van der Waals surface area contributed by atoms with E-state index in [1.807, 2.05) is 69.3 Å². The topological polar surface area (TPSA) is 96.4 Å². The molecule has 35 heavy (non-hydrogen) atoms. The van der Waals surface area contributed by atoms with Gasteiger partial charge in [-0.2, -0.15) is 0 Å². The van der Waals surface area contributed by atoms with E-state index in [1.165, 1.54) is 0 Å². The summed E-state index contributed by atoms with van der Waals surface area (Å²) in [4.78, 5) is 39.5. The molecule has 188 valence electrons. The molecule has 1 saturated heterocycles. The van der Waals surface area contributed by atoms with E-state index in [-0.39, 0.29) is 18.4 Å². The van der Waals surface area contributed by atoms with Crippen molar-refractivity contribution in [3.8, 4) is 11.5 Å². The van der Waals surface area contributed by atoms with Gasteiger partial charge in [0.2, 0.25) is 5.91 Å². The van der Waals surface area contributed by atoms with Crippen LogP contribution in [0.25, 0.3) is 0 Å². The van der Waals surface area contributed by atoms with Crippen molar-refractivity contribution >= 4 is 18.0 Å². The van der Waals surface area contributed by atoms with E-state index >= 15 is 0 Å². The van der Waals surface area contributed by atoms with Gasteiger partial charge >= 0.3 is 12.1 Å². The number of carbonyl (C=O) groups is 3. The van der Waals surface area contributed by atoms with Gasteiger partial charge in [0.05, 0.1) is 0 Å². The number of carbonyl (C=O) groups excluding carboxylic acids is 2. The molecule has 1 N–H and O–H groups in total. The summed E-state index contributed by atoms with van der Waals surface area (Å²) in [6, 6.07) is 15.0. The summed E-state index contributed by atoms with van der Waals surface area (Å²) in [5.74, 6) is 0.444. The van der Waals surface area contributed by atoms with Crippen molar-refractivity contribution in [1.29, 1.82) is 0 Å². The number of benzene rings is 2. The first-order chi connectivity index (χ1) is 16.6. The van der Waals surface area contributed by atoms with Crippen molar-refractivity contribution in [2.24, 2.45) is 0 Å². The minimum atomic E-state index is -0.856. The second-order valence-electron chi connectivity index (χ2n) is 9.56. The summed E-state index contributed by atoms with van der Waals surface area (Å²) >= 11 is 0. The summed E-state index contributed by atoms with van der Waals surface area (Å²) in [5, 5.41) is 9.01. The number of amides is 2. The van der Waals surface area contributed by atoms with Gasteiger partial charge in [-0.1, -0.05) is 36.4 Å². The Labute approximate surface area is 206 Å². The molecule has 3 rings (SSSR count). The minimum absolute atomic E-state index is 0.0255. The number of aryl methyl sites for hydroxylation is 2. The Kier molecular flexibility index (Phi) is 8.73. The van der Waals surface area contributed by atoms with Gasteiger partial charge in [-0.3, -0.25) is 9.59 Å². The number of carboxylic acid groups (broad SMARTS) is 1. The predicted molar refractivity (Wildman–Crippen MR) is 132 cm³/mol. The lowest BCUT2D eigenvalue weighted by Gasteiger charge is -2.35. The summed E-state index contributed by atoms with van der Waals surface area (Å²) in [6.07, 6.45) is 0.893. The first-order valence-corrected chi connectivity index (χ1v) is 11.9. The van der Waals surface area contributed by atoms with Crippen LogP contribution in [-0.4, -0.2) is 64.7 Å². The molecule has 1 aliphatic heterocycles. The van der Waals surface area contributed by atoms with Gasteiger partial charge in [0.1, 0.15) is 17.1 Å². The van der Waals surface area contributed by atoms with E-state index in [2.05, 4.69) is 0 Å². The molecule has 2 amide bonds. The van der Waals surface area contributed by atoms with E-state index in [0.717, 1.165) is 11.1 Å². The zero-order valence-corrected chi connectivity index (χ0v) is 20.7. The zero-order valence-electron chi connectivity index (χ0n) is 20.7. The van der Waals surface area contributed by atoms with Crippen LogP contribution in [0.4, 0.5) is 4.79 Å². The maximum atomic E-state index is 12.8. The minimum Gasteiger partial charge on any atom is -0.481 e. The SMILES string of the molecule is CC(C)(C)OC(=O)N1CCN(C(=O)CCc2ccccc2Oc2ccccc2CCC(=O)O)CC1. The first kappa shape index (κ1) is 26.1. The van der Waals surface area contributed by atoms with Crippen LogP contribution in [0.2, 0.25) is 0 Å². The van der Waals surface area contributed by atoms with Gasteiger partial charge in [0, 0.05) is 39.0 Å². The van der Waals surface area contributed by atoms with Crippen LogP contribution >= 0.6 is 0 Å². The molecule has 0 radical (unpaired) electrons. The third kappa shape index (κ3) is 8.02. The van der Waals surface area contributed by atoms with E-state index < -0.39 is 11.6 Å². The third-order valence-electron chi connectivity index (χ3n) is 5.67. The fourth-order valence-corrected chi connectivity index (χ4v) is 3.84. The Morgan fingerprint density at radius 1 is 0.800 bits per heavy atom. The maximum Gasteiger partial charge on any atom is 0.410 e. The molecule has 0 aliphatic carbocycles. The number of nitrogens with zero attached hydrogens (tertiary/aromatic N) is 2. The summed E-state index contributed by atoms with van der Waals surface area (Å²) < 4.78 is 11.6.